The zero-order chi connectivity index (χ0) is 9.80. The van der Waals surface area contributed by atoms with Crippen LogP contribution in [0.2, 0.25) is 0 Å². The van der Waals surface area contributed by atoms with Crippen molar-refractivity contribution in [1.29, 1.82) is 0 Å². The van der Waals surface area contributed by atoms with Gasteiger partial charge in [-0.1, -0.05) is 0 Å². The second-order valence-electron chi connectivity index (χ2n) is 4.97. The molecule has 2 saturated heterocycles. The highest BCUT2D eigenvalue weighted by molar-refractivity contribution is 4.76. The van der Waals surface area contributed by atoms with E-state index in [-0.39, 0.29) is 0 Å². The van der Waals surface area contributed by atoms with Crippen molar-refractivity contribution in [2.24, 2.45) is 5.92 Å². The van der Waals surface area contributed by atoms with Gasteiger partial charge in [0.25, 0.3) is 0 Å². The Kier molecular flexibility index (Phi) is 3.82. The molecule has 2 nitrogen and oxygen atoms in total. The van der Waals surface area contributed by atoms with Crippen molar-refractivity contribution in [3.63, 3.8) is 0 Å². The number of nitrogens with one attached hydrogen (secondary N) is 1. The van der Waals surface area contributed by atoms with Crippen LogP contribution in [0, 0.1) is 5.92 Å². The maximum Gasteiger partial charge on any atom is 0.0576 e. The highest BCUT2D eigenvalue weighted by Crippen LogP contribution is 2.23. The van der Waals surface area contributed by atoms with Crippen LogP contribution < -0.4 is 5.32 Å². The predicted octanol–water partition coefficient (Wildman–Crippen LogP) is 2.33. The van der Waals surface area contributed by atoms with Crippen LogP contribution in [0.4, 0.5) is 0 Å². The second-order valence-corrected chi connectivity index (χ2v) is 4.97. The summed E-state index contributed by atoms with van der Waals surface area (Å²) in [5.41, 5.74) is 0. The Hall–Kier alpha value is -0.0800. The van der Waals surface area contributed by atoms with Crippen LogP contribution in [0.3, 0.4) is 0 Å². The molecule has 2 rings (SSSR count). The molecule has 14 heavy (non-hydrogen) atoms. The first-order valence-corrected chi connectivity index (χ1v) is 6.19. The summed E-state index contributed by atoms with van der Waals surface area (Å²) in [5, 5.41) is 3.57. The van der Waals surface area contributed by atoms with E-state index >= 15 is 0 Å². The minimum atomic E-state index is 0.592. The van der Waals surface area contributed by atoms with E-state index < -0.39 is 0 Å². The fourth-order valence-corrected chi connectivity index (χ4v) is 2.60. The van der Waals surface area contributed by atoms with Gasteiger partial charge in [0.1, 0.15) is 0 Å². The fraction of sp³-hybridized carbons (Fsp3) is 1.00. The van der Waals surface area contributed by atoms with E-state index in [1.807, 2.05) is 0 Å². The average Bonchev–Trinajstić information content (AvgIpc) is 2.70. The van der Waals surface area contributed by atoms with Crippen molar-refractivity contribution in [1.82, 2.24) is 5.32 Å². The summed E-state index contributed by atoms with van der Waals surface area (Å²) < 4.78 is 5.64. The average molecular weight is 197 g/mol. The number of piperidine rings is 1. The molecule has 0 aliphatic carbocycles. The molecule has 82 valence electrons. The minimum absolute atomic E-state index is 0.592. The molecular formula is C12H23NO. The molecule has 2 heterocycles. The normalized spacial score (nSPS) is 38.8. The Morgan fingerprint density at radius 3 is 2.79 bits per heavy atom. The summed E-state index contributed by atoms with van der Waals surface area (Å²) >= 11 is 0. The number of hydrogen-bond acceptors (Lipinski definition) is 2. The van der Waals surface area contributed by atoms with Gasteiger partial charge in [-0.15, -0.1) is 0 Å². The van der Waals surface area contributed by atoms with Gasteiger partial charge in [0.05, 0.1) is 6.10 Å². The van der Waals surface area contributed by atoms with Crippen LogP contribution in [0.1, 0.15) is 45.4 Å². The first kappa shape index (κ1) is 10.4. The summed E-state index contributed by atoms with van der Waals surface area (Å²) in [5.74, 6) is 0.912. The van der Waals surface area contributed by atoms with Crippen LogP contribution in [0.5, 0.6) is 0 Å². The van der Waals surface area contributed by atoms with E-state index in [2.05, 4.69) is 12.2 Å². The van der Waals surface area contributed by atoms with E-state index in [9.17, 15) is 0 Å². The van der Waals surface area contributed by atoms with E-state index in [0.29, 0.717) is 6.10 Å². The summed E-state index contributed by atoms with van der Waals surface area (Å²) in [6.07, 6.45) is 8.61. The Morgan fingerprint density at radius 1 is 1.21 bits per heavy atom. The van der Waals surface area contributed by atoms with Gasteiger partial charge in [0, 0.05) is 12.6 Å². The zero-order valence-electron chi connectivity index (χ0n) is 9.30. The molecule has 2 heteroatoms. The molecule has 2 fully saturated rings. The Bertz CT molecular complexity index is 158. The van der Waals surface area contributed by atoms with Crippen LogP contribution in [0.15, 0.2) is 0 Å². The van der Waals surface area contributed by atoms with Gasteiger partial charge in [-0.2, -0.15) is 0 Å². The number of hydrogen-bond donors (Lipinski definition) is 1. The van der Waals surface area contributed by atoms with Crippen LogP contribution in [-0.2, 0) is 4.74 Å². The van der Waals surface area contributed by atoms with Gasteiger partial charge >= 0.3 is 0 Å². The summed E-state index contributed by atoms with van der Waals surface area (Å²) in [6, 6.07) is 0.744. The molecule has 0 amide bonds. The van der Waals surface area contributed by atoms with Crippen molar-refractivity contribution in [3.05, 3.63) is 0 Å². The molecular weight excluding hydrogens is 174 g/mol. The third-order valence-electron chi connectivity index (χ3n) is 3.68. The summed E-state index contributed by atoms with van der Waals surface area (Å²) in [6.45, 7) is 4.52. The van der Waals surface area contributed by atoms with E-state index in [1.165, 1.54) is 45.1 Å². The van der Waals surface area contributed by atoms with Crippen LogP contribution in [-0.4, -0.2) is 25.3 Å². The smallest absolute Gasteiger partial charge is 0.0576 e. The predicted molar refractivity (Wildman–Crippen MR) is 58.4 cm³/mol. The molecule has 3 atom stereocenters. The lowest BCUT2D eigenvalue weighted by atomic mass is 9.90. The fourth-order valence-electron chi connectivity index (χ4n) is 2.60. The lowest BCUT2D eigenvalue weighted by Gasteiger charge is -2.28. The van der Waals surface area contributed by atoms with Gasteiger partial charge in [-0.3, -0.25) is 0 Å². The van der Waals surface area contributed by atoms with Crippen molar-refractivity contribution in [2.45, 2.75) is 57.6 Å². The van der Waals surface area contributed by atoms with E-state index in [0.717, 1.165) is 18.6 Å². The summed E-state index contributed by atoms with van der Waals surface area (Å²) in [7, 11) is 0. The molecule has 2 aliphatic heterocycles. The van der Waals surface area contributed by atoms with Crippen molar-refractivity contribution in [2.75, 3.05) is 13.2 Å². The van der Waals surface area contributed by atoms with Crippen LogP contribution >= 0.6 is 0 Å². The second kappa shape index (κ2) is 5.13. The highest BCUT2D eigenvalue weighted by atomic mass is 16.5. The van der Waals surface area contributed by atoms with Gasteiger partial charge < -0.3 is 10.1 Å². The molecule has 0 aromatic heterocycles. The first-order valence-electron chi connectivity index (χ1n) is 6.19. The Morgan fingerprint density at radius 2 is 2.14 bits per heavy atom. The molecule has 0 bridgehead atoms. The minimum Gasteiger partial charge on any atom is -0.378 e. The first-order chi connectivity index (χ1) is 6.84. The van der Waals surface area contributed by atoms with Crippen LogP contribution in [0.25, 0.3) is 0 Å². The molecule has 0 aromatic carbocycles. The third kappa shape index (κ3) is 2.96. The Balaban J connectivity index is 1.60. The molecule has 0 radical (unpaired) electrons. The van der Waals surface area contributed by atoms with Gasteiger partial charge in [-0.25, -0.2) is 0 Å². The maximum atomic E-state index is 5.64. The Labute approximate surface area is 87.4 Å². The molecule has 0 aromatic rings. The lowest BCUT2D eigenvalue weighted by molar-refractivity contribution is 0.0959. The number of ether oxygens (including phenoxy) is 1. The van der Waals surface area contributed by atoms with E-state index in [1.54, 1.807) is 0 Å². The third-order valence-corrected chi connectivity index (χ3v) is 3.68. The zero-order valence-corrected chi connectivity index (χ0v) is 9.30. The maximum absolute atomic E-state index is 5.64. The molecule has 2 aliphatic rings. The quantitative estimate of drug-likeness (QED) is 0.750. The van der Waals surface area contributed by atoms with Crippen molar-refractivity contribution < 1.29 is 4.74 Å². The monoisotopic (exact) mass is 197 g/mol. The van der Waals surface area contributed by atoms with Gasteiger partial charge in [0.15, 0.2) is 0 Å². The van der Waals surface area contributed by atoms with Crippen molar-refractivity contribution >= 4 is 0 Å². The number of rotatable bonds is 3. The van der Waals surface area contributed by atoms with Crippen molar-refractivity contribution in [3.8, 4) is 0 Å². The standard InChI is InChI=1S/C12H23NO/c1-10-4-5-11(9-13-10)6-7-12-3-2-8-14-12/h10-13H,2-9H2,1H3. The highest BCUT2D eigenvalue weighted by Gasteiger charge is 2.20. The topological polar surface area (TPSA) is 21.3 Å². The molecule has 1 N–H and O–H groups in total. The molecule has 3 unspecified atom stereocenters. The molecule has 0 spiro atoms. The van der Waals surface area contributed by atoms with Gasteiger partial charge in [-0.05, 0) is 57.9 Å². The lowest BCUT2D eigenvalue weighted by Crippen LogP contribution is -2.37. The SMILES string of the molecule is CC1CCC(CCC2CCCO2)CN1. The van der Waals surface area contributed by atoms with Gasteiger partial charge in [0.2, 0.25) is 0 Å². The molecule has 0 saturated carbocycles. The van der Waals surface area contributed by atoms with E-state index in [4.69, 9.17) is 4.74 Å². The summed E-state index contributed by atoms with van der Waals surface area (Å²) in [4.78, 5) is 0. The largest absolute Gasteiger partial charge is 0.378 e.